The van der Waals surface area contributed by atoms with E-state index in [1.807, 2.05) is 24.5 Å². The number of aryl methyl sites for hydroxylation is 2. The van der Waals surface area contributed by atoms with Gasteiger partial charge in [0.05, 0.1) is 30.9 Å². The molecule has 3 aromatic rings. The molecule has 8 nitrogen and oxygen atoms in total. The first kappa shape index (κ1) is 18.6. The van der Waals surface area contributed by atoms with Crippen molar-refractivity contribution in [3.8, 4) is 11.6 Å². The quantitative estimate of drug-likeness (QED) is 0.588. The molecule has 138 valence electrons. The Morgan fingerprint density at radius 3 is 2.92 bits per heavy atom. The number of nitrogens with one attached hydrogen (secondary N) is 1. The van der Waals surface area contributed by atoms with Crippen LogP contribution in [0, 0.1) is 13.8 Å². The number of thioether (sulfide) groups is 1. The minimum Gasteiger partial charge on any atom is -0.461 e. The van der Waals surface area contributed by atoms with Crippen LogP contribution in [0.15, 0.2) is 28.0 Å². The van der Waals surface area contributed by atoms with Crippen LogP contribution in [0.25, 0.3) is 11.6 Å². The van der Waals surface area contributed by atoms with Crippen LogP contribution in [0.3, 0.4) is 0 Å². The summed E-state index contributed by atoms with van der Waals surface area (Å²) in [7, 11) is 1.63. The van der Waals surface area contributed by atoms with Gasteiger partial charge in [-0.3, -0.25) is 9.36 Å². The van der Waals surface area contributed by atoms with Crippen LogP contribution >= 0.6 is 23.1 Å². The molecular formula is C16H19N5O3S2. The van der Waals surface area contributed by atoms with E-state index >= 15 is 0 Å². The molecule has 0 saturated carbocycles. The number of hydrogen-bond donors (Lipinski definition) is 1. The van der Waals surface area contributed by atoms with E-state index in [4.69, 9.17) is 9.15 Å². The Bertz CT molecular complexity index is 853. The fourth-order valence-electron chi connectivity index (χ4n) is 2.18. The minimum absolute atomic E-state index is 0.135. The molecule has 0 aromatic carbocycles. The molecule has 0 aliphatic heterocycles. The van der Waals surface area contributed by atoms with Crippen molar-refractivity contribution in [3.63, 3.8) is 0 Å². The number of amides is 1. The van der Waals surface area contributed by atoms with Gasteiger partial charge < -0.3 is 14.5 Å². The van der Waals surface area contributed by atoms with Gasteiger partial charge in [-0.05, 0) is 26.0 Å². The number of aromatic nitrogens is 4. The van der Waals surface area contributed by atoms with Crippen LogP contribution in [0.2, 0.25) is 0 Å². The highest BCUT2D eigenvalue weighted by Crippen LogP contribution is 2.25. The van der Waals surface area contributed by atoms with Gasteiger partial charge in [0, 0.05) is 12.0 Å². The van der Waals surface area contributed by atoms with Crippen molar-refractivity contribution < 1.29 is 13.9 Å². The molecule has 0 atom stereocenters. The summed E-state index contributed by atoms with van der Waals surface area (Å²) >= 11 is 2.78. The van der Waals surface area contributed by atoms with Crippen molar-refractivity contribution in [2.75, 3.05) is 24.8 Å². The normalized spacial score (nSPS) is 11.0. The summed E-state index contributed by atoms with van der Waals surface area (Å²) in [5.74, 6) is 1.31. The second-order valence-corrected chi connectivity index (χ2v) is 7.57. The molecule has 10 heteroatoms. The van der Waals surface area contributed by atoms with Crippen molar-refractivity contribution in [1.29, 1.82) is 0 Å². The number of furan rings is 1. The Morgan fingerprint density at radius 1 is 1.42 bits per heavy atom. The van der Waals surface area contributed by atoms with Gasteiger partial charge in [-0.1, -0.05) is 11.8 Å². The second kappa shape index (κ2) is 8.47. The smallest absolute Gasteiger partial charge is 0.236 e. The van der Waals surface area contributed by atoms with Crippen LogP contribution < -0.4 is 5.32 Å². The Labute approximate surface area is 159 Å². The van der Waals surface area contributed by atoms with Crippen LogP contribution in [-0.2, 0) is 16.1 Å². The third-order valence-corrected chi connectivity index (χ3v) is 5.54. The van der Waals surface area contributed by atoms with Gasteiger partial charge in [0.2, 0.25) is 11.7 Å². The molecule has 26 heavy (non-hydrogen) atoms. The number of nitrogens with zero attached hydrogens (tertiary/aromatic N) is 4. The molecule has 0 fully saturated rings. The summed E-state index contributed by atoms with van der Waals surface area (Å²) in [4.78, 5) is 17.6. The topological polar surface area (TPSA) is 95.1 Å². The fraction of sp³-hybridized carbons (Fsp3) is 0.375. The lowest BCUT2D eigenvalue weighted by Gasteiger charge is -2.08. The highest BCUT2D eigenvalue weighted by atomic mass is 32.2. The average Bonchev–Trinajstić information content (AvgIpc) is 3.32. The lowest BCUT2D eigenvalue weighted by atomic mass is 10.4. The summed E-state index contributed by atoms with van der Waals surface area (Å²) < 4.78 is 12.5. The zero-order valence-corrected chi connectivity index (χ0v) is 16.3. The van der Waals surface area contributed by atoms with Crippen molar-refractivity contribution in [2.24, 2.45) is 0 Å². The first-order chi connectivity index (χ1) is 12.6. The summed E-state index contributed by atoms with van der Waals surface area (Å²) in [6, 6.07) is 3.62. The maximum Gasteiger partial charge on any atom is 0.236 e. The molecule has 1 amide bonds. The number of anilines is 1. The Balaban J connectivity index is 1.67. The van der Waals surface area contributed by atoms with Crippen LogP contribution in [0.1, 0.15) is 10.6 Å². The number of carbonyl (C=O) groups excluding carboxylic acids is 1. The van der Waals surface area contributed by atoms with Gasteiger partial charge in [-0.2, -0.15) is 0 Å². The number of ether oxygens (including phenoxy) is 1. The van der Waals surface area contributed by atoms with Gasteiger partial charge in [0.1, 0.15) is 0 Å². The van der Waals surface area contributed by atoms with E-state index < -0.39 is 0 Å². The number of hydrogen-bond acceptors (Lipinski definition) is 8. The summed E-state index contributed by atoms with van der Waals surface area (Å²) in [5.41, 5.74) is 0.931. The largest absolute Gasteiger partial charge is 0.461 e. The van der Waals surface area contributed by atoms with Gasteiger partial charge in [-0.15, -0.1) is 21.5 Å². The third-order valence-electron chi connectivity index (χ3n) is 3.58. The molecule has 0 radical (unpaired) electrons. The maximum atomic E-state index is 12.2. The molecule has 0 aliphatic carbocycles. The SMILES string of the molecule is COCCn1c(SCC(=O)Nc2nc(C)c(C)s2)nnc1-c1ccco1. The molecule has 1 N–H and O–H groups in total. The van der Waals surface area contributed by atoms with Crippen molar-refractivity contribution in [3.05, 3.63) is 29.0 Å². The summed E-state index contributed by atoms with van der Waals surface area (Å²) in [6.45, 7) is 4.97. The number of rotatable bonds is 8. The van der Waals surface area contributed by atoms with E-state index in [1.54, 1.807) is 19.4 Å². The lowest BCUT2D eigenvalue weighted by Crippen LogP contribution is -2.15. The van der Waals surface area contributed by atoms with E-state index in [1.165, 1.54) is 23.1 Å². The fourth-order valence-corrected chi connectivity index (χ4v) is 3.77. The molecule has 0 unspecified atom stereocenters. The molecule has 3 aromatic heterocycles. The standard InChI is InChI=1S/C16H19N5O3S2/c1-10-11(2)26-15(17-10)18-13(22)9-25-16-20-19-14(12-5-4-7-24-12)21(16)6-8-23-3/h4-5,7H,6,8-9H2,1-3H3,(H,17,18,22). The predicted octanol–water partition coefficient (Wildman–Crippen LogP) is 2.99. The summed E-state index contributed by atoms with van der Waals surface area (Å²) in [6.07, 6.45) is 1.59. The number of carbonyl (C=O) groups is 1. The Kier molecular flexibility index (Phi) is 6.07. The average molecular weight is 393 g/mol. The van der Waals surface area contributed by atoms with Gasteiger partial charge in [0.15, 0.2) is 16.0 Å². The molecule has 0 bridgehead atoms. The van der Waals surface area contributed by atoms with Gasteiger partial charge in [-0.25, -0.2) is 4.98 Å². The predicted molar refractivity (Wildman–Crippen MR) is 101 cm³/mol. The molecular weight excluding hydrogens is 374 g/mol. The highest BCUT2D eigenvalue weighted by Gasteiger charge is 2.17. The van der Waals surface area contributed by atoms with Crippen LogP contribution in [0.4, 0.5) is 5.13 Å². The monoisotopic (exact) mass is 393 g/mol. The number of thiazole rings is 1. The molecule has 0 saturated heterocycles. The van der Waals surface area contributed by atoms with E-state index in [-0.39, 0.29) is 11.7 Å². The van der Waals surface area contributed by atoms with Gasteiger partial charge in [0.25, 0.3) is 0 Å². The van der Waals surface area contributed by atoms with Crippen LogP contribution in [-0.4, -0.2) is 45.1 Å². The third kappa shape index (κ3) is 4.32. The second-order valence-electron chi connectivity index (χ2n) is 5.43. The van der Waals surface area contributed by atoms with Crippen molar-refractivity contribution >= 4 is 34.1 Å². The molecule has 3 heterocycles. The highest BCUT2D eigenvalue weighted by molar-refractivity contribution is 7.99. The number of methoxy groups -OCH3 is 1. The van der Waals surface area contributed by atoms with E-state index in [2.05, 4.69) is 20.5 Å². The van der Waals surface area contributed by atoms with Gasteiger partial charge >= 0.3 is 0 Å². The molecule has 3 rings (SSSR count). The Hall–Kier alpha value is -2.17. The van der Waals surface area contributed by atoms with Crippen molar-refractivity contribution in [2.45, 2.75) is 25.5 Å². The van der Waals surface area contributed by atoms with Crippen LogP contribution in [0.5, 0.6) is 0 Å². The first-order valence-corrected chi connectivity index (χ1v) is 9.71. The van der Waals surface area contributed by atoms with E-state index in [9.17, 15) is 4.79 Å². The van der Waals surface area contributed by atoms with Crippen molar-refractivity contribution in [1.82, 2.24) is 19.7 Å². The zero-order chi connectivity index (χ0) is 18.5. The molecule has 0 aliphatic rings. The Morgan fingerprint density at radius 2 is 2.27 bits per heavy atom. The first-order valence-electron chi connectivity index (χ1n) is 7.91. The maximum absolute atomic E-state index is 12.2. The molecule has 0 spiro atoms. The minimum atomic E-state index is -0.135. The summed E-state index contributed by atoms with van der Waals surface area (Å²) in [5, 5.41) is 12.4. The zero-order valence-electron chi connectivity index (χ0n) is 14.7. The van der Waals surface area contributed by atoms with E-state index in [0.717, 1.165) is 10.6 Å². The lowest BCUT2D eigenvalue weighted by molar-refractivity contribution is -0.113. The van der Waals surface area contributed by atoms with E-state index in [0.29, 0.717) is 35.0 Å².